The van der Waals surface area contributed by atoms with Gasteiger partial charge in [-0.3, -0.25) is 9.59 Å². The van der Waals surface area contributed by atoms with Gasteiger partial charge in [-0.25, -0.2) is 0 Å². The molecular formula is C24H29N5O3S. The van der Waals surface area contributed by atoms with Crippen LogP contribution in [0.4, 0.5) is 5.69 Å². The number of hydrogen-bond acceptors (Lipinski definition) is 6. The van der Waals surface area contributed by atoms with Gasteiger partial charge in [0.25, 0.3) is 5.91 Å². The lowest BCUT2D eigenvalue weighted by atomic mass is 10.0. The molecule has 0 aliphatic carbocycles. The van der Waals surface area contributed by atoms with E-state index >= 15 is 0 Å². The molecule has 3 aromatic rings. The largest absolute Gasteiger partial charge is 0.497 e. The maximum Gasteiger partial charge on any atom is 0.251 e. The van der Waals surface area contributed by atoms with Crippen molar-refractivity contribution in [1.29, 1.82) is 0 Å². The average molecular weight is 468 g/mol. The summed E-state index contributed by atoms with van der Waals surface area (Å²) in [6.07, 6.45) is 0. The van der Waals surface area contributed by atoms with Crippen molar-refractivity contribution in [3.8, 4) is 5.75 Å². The van der Waals surface area contributed by atoms with Gasteiger partial charge in [0.15, 0.2) is 11.0 Å². The van der Waals surface area contributed by atoms with Crippen LogP contribution in [0.1, 0.15) is 41.6 Å². The molecule has 2 N–H and O–H groups in total. The molecule has 0 unspecified atom stereocenters. The van der Waals surface area contributed by atoms with Crippen molar-refractivity contribution in [2.24, 2.45) is 13.0 Å². The lowest BCUT2D eigenvalue weighted by Crippen LogP contribution is -2.33. The number of hydrogen-bond donors (Lipinski definition) is 2. The van der Waals surface area contributed by atoms with Gasteiger partial charge in [-0.15, -0.1) is 10.2 Å². The molecule has 1 heterocycles. The number of benzene rings is 2. The summed E-state index contributed by atoms with van der Waals surface area (Å²) >= 11 is 1.29. The molecular weight excluding hydrogens is 438 g/mol. The molecule has 8 nitrogen and oxygen atoms in total. The fraction of sp³-hybridized carbons (Fsp3) is 0.333. The summed E-state index contributed by atoms with van der Waals surface area (Å²) in [5, 5.41) is 15.1. The molecule has 1 atom stereocenters. The van der Waals surface area contributed by atoms with E-state index in [1.165, 1.54) is 11.8 Å². The molecule has 0 aliphatic heterocycles. The number of nitrogens with one attached hydrogen (secondary N) is 2. The number of amides is 2. The fourth-order valence-corrected chi connectivity index (χ4v) is 3.98. The predicted octanol–water partition coefficient (Wildman–Crippen LogP) is 3.99. The molecule has 2 amide bonds. The Balaban J connectivity index is 1.64. The van der Waals surface area contributed by atoms with Crippen molar-refractivity contribution in [3.05, 3.63) is 65.5 Å². The Hall–Kier alpha value is -3.33. The molecule has 0 saturated carbocycles. The number of ether oxygens (including phenoxy) is 1. The predicted molar refractivity (Wildman–Crippen MR) is 130 cm³/mol. The number of rotatable bonds is 9. The zero-order chi connectivity index (χ0) is 24.0. The van der Waals surface area contributed by atoms with E-state index in [0.29, 0.717) is 22.2 Å². The minimum Gasteiger partial charge on any atom is -0.497 e. The first-order chi connectivity index (χ1) is 15.8. The molecule has 1 aromatic heterocycles. The highest BCUT2D eigenvalue weighted by Crippen LogP contribution is 2.25. The van der Waals surface area contributed by atoms with E-state index in [0.717, 1.165) is 11.3 Å². The Bertz CT molecular complexity index is 1110. The van der Waals surface area contributed by atoms with E-state index in [4.69, 9.17) is 4.74 Å². The summed E-state index contributed by atoms with van der Waals surface area (Å²) in [5.41, 5.74) is 2.32. The molecule has 0 aliphatic rings. The van der Waals surface area contributed by atoms with E-state index in [9.17, 15) is 9.59 Å². The zero-order valence-electron chi connectivity index (χ0n) is 19.5. The van der Waals surface area contributed by atoms with E-state index in [-0.39, 0.29) is 29.5 Å². The van der Waals surface area contributed by atoms with Crippen molar-refractivity contribution in [2.75, 3.05) is 18.2 Å². The van der Waals surface area contributed by atoms with Gasteiger partial charge in [-0.05, 0) is 49.2 Å². The van der Waals surface area contributed by atoms with E-state index < -0.39 is 0 Å². The standard InChI is InChI=1S/C24H29N5O3S/c1-15(2)21(26-23(31)17-8-6-7-16(3)13-17)22-27-28-24(29(22)4)33-14-20(30)25-18-9-11-19(32-5)12-10-18/h6-13,15,21H,14H2,1-5H3,(H,25,30)(H,26,31)/t21-/m1/s1. The first kappa shape index (κ1) is 24.3. The molecule has 174 valence electrons. The molecule has 9 heteroatoms. The molecule has 33 heavy (non-hydrogen) atoms. The van der Waals surface area contributed by atoms with Crippen molar-refractivity contribution >= 4 is 29.3 Å². The highest BCUT2D eigenvalue weighted by molar-refractivity contribution is 7.99. The molecule has 0 saturated heterocycles. The molecule has 0 bridgehead atoms. The highest BCUT2D eigenvalue weighted by atomic mass is 32.2. The number of carbonyl (C=O) groups is 2. The van der Waals surface area contributed by atoms with Crippen LogP contribution in [0.5, 0.6) is 5.75 Å². The second-order valence-corrected chi connectivity index (χ2v) is 8.97. The van der Waals surface area contributed by atoms with Crippen molar-refractivity contribution in [3.63, 3.8) is 0 Å². The minimum atomic E-state index is -0.321. The van der Waals surface area contributed by atoms with Gasteiger partial charge in [-0.1, -0.05) is 43.3 Å². The van der Waals surface area contributed by atoms with Crippen molar-refractivity contribution < 1.29 is 14.3 Å². The Morgan fingerprint density at radius 1 is 1.12 bits per heavy atom. The lowest BCUT2D eigenvalue weighted by molar-refractivity contribution is -0.113. The normalized spacial score (nSPS) is 11.8. The Morgan fingerprint density at radius 2 is 1.85 bits per heavy atom. The maximum atomic E-state index is 12.8. The van der Waals surface area contributed by atoms with E-state index in [1.54, 1.807) is 37.4 Å². The summed E-state index contributed by atoms with van der Waals surface area (Å²) in [6, 6.07) is 14.3. The number of methoxy groups -OCH3 is 1. The number of thioether (sulfide) groups is 1. The average Bonchev–Trinajstić information content (AvgIpc) is 3.16. The third-order valence-corrected chi connectivity index (χ3v) is 6.11. The minimum absolute atomic E-state index is 0.0953. The number of anilines is 1. The number of nitrogens with zero attached hydrogens (tertiary/aromatic N) is 3. The van der Waals surface area contributed by atoms with Crippen LogP contribution in [0.25, 0.3) is 0 Å². The summed E-state index contributed by atoms with van der Waals surface area (Å²) < 4.78 is 6.95. The van der Waals surface area contributed by atoms with Crippen molar-refractivity contribution in [2.45, 2.75) is 32.0 Å². The van der Waals surface area contributed by atoms with Crippen LogP contribution >= 0.6 is 11.8 Å². The maximum absolute atomic E-state index is 12.8. The molecule has 2 aromatic carbocycles. The second-order valence-electron chi connectivity index (χ2n) is 8.03. The Labute approximate surface area is 198 Å². The summed E-state index contributed by atoms with van der Waals surface area (Å²) in [4.78, 5) is 25.2. The van der Waals surface area contributed by atoms with Gasteiger partial charge in [0.1, 0.15) is 5.75 Å². The number of aromatic nitrogens is 3. The lowest BCUT2D eigenvalue weighted by Gasteiger charge is -2.21. The third-order valence-electron chi connectivity index (χ3n) is 5.09. The number of aryl methyl sites for hydroxylation is 1. The summed E-state index contributed by atoms with van der Waals surface area (Å²) in [5.74, 6) is 1.33. The van der Waals surface area contributed by atoms with Gasteiger partial charge < -0.3 is 19.9 Å². The fourth-order valence-electron chi connectivity index (χ4n) is 3.26. The smallest absolute Gasteiger partial charge is 0.251 e. The quantitative estimate of drug-likeness (QED) is 0.462. The third kappa shape index (κ3) is 6.35. The zero-order valence-corrected chi connectivity index (χ0v) is 20.3. The van der Waals surface area contributed by atoms with Crippen LogP contribution < -0.4 is 15.4 Å². The monoisotopic (exact) mass is 467 g/mol. The van der Waals surface area contributed by atoms with Crippen LogP contribution in [0, 0.1) is 12.8 Å². The molecule has 0 fully saturated rings. The van der Waals surface area contributed by atoms with Gasteiger partial charge in [-0.2, -0.15) is 0 Å². The molecule has 3 rings (SSSR count). The van der Waals surface area contributed by atoms with Crippen LogP contribution in [-0.2, 0) is 11.8 Å². The van der Waals surface area contributed by atoms with Crippen molar-refractivity contribution in [1.82, 2.24) is 20.1 Å². The number of carbonyl (C=O) groups excluding carboxylic acids is 2. The summed E-state index contributed by atoms with van der Waals surface area (Å²) in [7, 11) is 3.44. The van der Waals surface area contributed by atoms with Gasteiger partial charge in [0, 0.05) is 18.3 Å². The summed E-state index contributed by atoms with van der Waals surface area (Å²) in [6.45, 7) is 5.99. The topological polar surface area (TPSA) is 98.1 Å². The Morgan fingerprint density at radius 3 is 2.48 bits per heavy atom. The van der Waals surface area contributed by atoms with E-state index in [2.05, 4.69) is 20.8 Å². The van der Waals surface area contributed by atoms with Crippen LogP contribution in [-0.4, -0.2) is 39.4 Å². The SMILES string of the molecule is COc1ccc(NC(=O)CSc2nnc([C@H](NC(=O)c3cccc(C)c3)C(C)C)n2C)cc1. The second kappa shape index (κ2) is 11.0. The van der Waals surface area contributed by atoms with Crippen LogP contribution in [0.2, 0.25) is 0 Å². The molecule has 0 radical (unpaired) electrons. The Kier molecular flexibility index (Phi) is 8.11. The highest BCUT2D eigenvalue weighted by Gasteiger charge is 2.25. The molecule has 0 spiro atoms. The van der Waals surface area contributed by atoms with Crippen LogP contribution in [0.3, 0.4) is 0 Å². The van der Waals surface area contributed by atoms with Crippen LogP contribution in [0.15, 0.2) is 53.7 Å². The van der Waals surface area contributed by atoms with Gasteiger partial charge in [0.2, 0.25) is 5.91 Å². The van der Waals surface area contributed by atoms with Gasteiger partial charge in [0.05, 0.1) is 18.9 Å². The first-order valence-electron chi connectivity index (χ1n) is 10.6. The van der Waals surface area contributed by atoms with Gasteiger partial charge >= 0.3 is 0 Å². The first-order valence-corrected chi connectivity index (χ1v) is 11.6. The van der Waals surface area contributed by atoms with E-state index in [1.807, 2.05) is 50.6 Å².